The summed E-state index contributed by atoms with van der Waals surface area (Å²) in [5.41, 5.74) is 1.11. The lowest BCUT2D eigenvalue weighted by molar-refractivity contribution is -0.122. The van der Waals surface area contributed by atoms with E-state index in [1.165, 1.54) is 45.6 Å². The summed E-state index contributed by atoms with van der Waals surface area (Å²) in [7, 11) is -3.68. The van der Waals surface area contributed by atoms with Gasteiger partial charge in [0.25, 0.3) is 5.91 Å². The number of hydrogen-bond acceptors (Lipinski definition) is 7. The van der Waals surface area contributed by atoms with Gasteiger partial charge in [-0.05, 0) is 61.9 Å². The lowest BCUT2D eigenvalue weighted by Crippen LogP contribution is -2.48. The molecule has 2 atom stereocenters. The summed E-state index contributed by atoms with van der Waals surface area (Å²) in [4.78, 5) is 27.1. The van der Waals surface area contributed by atoms with Gasteiger partial charge in [0.05, 0.1) is 22.0 Å². The van der Waals surface area contributed by atoms with Gasteiger partial charge in [-0.1, -0.05) is 36.1 Å². The molecule has 0 aromatic heterocycles. The first-order valence-electron chi connectivity index (χ1n) is 11.6. The number of thiocarbonyl (C=S) groups is 1. The van der Waals surface area contributed by atoms with Crippen LogP contribution in [0.5, 0.6) is 0 Å². The third kappa shape index (κ3) is 6.63. The first kappa shape index (κ1) is 27.4. The van der Waals surface area contributed by atoms with Gasteiger partial charge < -0.3 is 10.1 Å². The smallest absolute Gasteiger partial charge is 0.266 e. The zero-order valence-electron chi connectivity index (χ0n) is 20.2. The molecule has 2 aromatic rings. The number of rotatable bonds is 7. The summed E-state index contributed by atoms with van der Waals surface area (Å²) in [5, 5.41) is 2.72. The van der Waals surface area contributed by atoms with E-state index in [2.05, 4.69) is 5.32 Å². The first-order valence-corrected chi connectivity index (χ1v) is 14.3. The van der Waals surface area contributed by atoms with Crippen molar-refractivity contribution in [1.82, 2.24) is 9.21 Å². The Morgan fingerprint density at radius 1 is 1.14 bits per heavy atom. The highest BCUT2D eigenvalue weighted by atomic mass is 32.2. The van der Waals surface area contributed by atoms with Crippen LogP contribution in [-0.2, 0) is 24.3 Å². The van der Waals surface area contributed by atoms with Gasteiger partial charge >= 0.3 is 0 Å². The number of hydrogen-bond donors (Lipinski definition) is 1. The summed E-state index contributed by atoms with van der Waals surface area (Å²) in [6.45, 7) is 4.32. The molecule has 12 heteroatoms. The normalized spacial score (nSPS) is 22.0. The summed E-state index contributed by atoms with van der Waals surface area (Å²) in [6.07, 6.45) is 1.24. The minimum atomic E-state index is -3.68. The standard InChI is InChI=1S/C25H26FN3O5S3/c1-16-14-28(15-17(2)34-16)37(32,33)21-9-7-20(8-10-21)27-23(30)11-12-29-24(31)22(36-25(29)35)13-18-3-5-19(26)6-4-18/h3-10,13,16-17H,11-12,14-15H2,1-2H3,(H,27,30)/b22-13-/t16-,17-/m1/s1. The van der Waals surface area contributed by atoms with E-state index in [0.29, 0.717) is 20.5 Å². The number of morpholine rings is 1. The molecule has 0 radical (unpaired) electrons. The minimum Gasteiger partial charge on any atom is -0.373 e. The second-order valence-electron chi connectivity index (χ2n) is 8.79. The molecule has 0 bridgehead atoms. The van der Waals surface area contributed by atoms with Crippen LogP contribution in [0, 0.1) is 5.82 Å². The number of carbonyl (C=O) groups excluding carboxylic acids is 2. The molecule has 2 heterocycles. The molecule has 2 aliphatic heterocycles. The van der Waals surface area contributed by atoms with E-state index in [1.807, 2.05) is 13.8 Å². The van der Waals surface area contributed by atoms with E-state index >= 15 is 0 Å². The number of amides is 2. The van der Waals surface area contributed by atoms with E-state index < -0.39 is 10.0 Å². The third-order valence-electron chi connectivity index (χ3n) is 5.77. The zero-order chi connectivity index (χ0) is 26.7. The number of halogens is 1. The van der Waals surface area contributed by atoms with Crippen molar-refractivity contribution in [2.75, 3.05) is 25.0 Å². The number of thioether (sulfide) groups is 1. The highest BCUT2D eigenvalue weighted by Crippen LogP contribution is 2.32. The fraction of sp³-hybridized carbons (Fsp3) is 0.320. The Morgan fingerprint density at radius 2 is 1.76 bits per heavy atom. The quantitative estimate of drug-likeness (QED) is 0.404. The van der Waals surface area contributed by atoms with Gasteiger partial charge in [0.1, 0.15) is 10.1 Å². The second kappa shape index (κ2) is 11.4. The van der Waals surface area contributed by atoms with Crippen LogP contribution in [0.15, 0.2) is 58.3 Å². The molecule has 2 saturated heterocycles. The summed E-state index contributed by atoms with van der Waals surface area (Å²) in [5.74, 6) is -1.02. The minimum absolute atomic E-state index is 0.000126. The fourth-order valence-corrected chi connectivity index (χ4v) is 6.93. The maximum Gasteiger partial charge on any atom is 0.266 e. The number of ether oxygens (including phenoxy) is 1. The molecule has 37 heavy (non-hydrogen) atoms. The van der Waals surface area contributed by atoms with E-state index in [0.717, 1.165) is 11.8 Å². The molecule has 0 unspecified atom stereocenters. The van der Waals surface area contributed by atoms with E-state index in [4.69, 9.17) is 17.0 Å². The maximum atomic E-state index is 13.1. The number of anilines is 1. The molecule has 1 N–H and O–H groups in total. The van der Waals surface area contributed by atoms with Crippen molar-refractivity contribution >= 4 is 61.9 Å². The van der Waals surface area contributed by atoms with Crippen molar-refractivity contribution in [2.24, 2.45) is 0 Å². The number of benzene rings is 2. The SMILES string of the molecule is C[C@@H]1CN(S(=O)(=O)c2ccc(NC(=O)CCN3C(=O)/C(=C/c4ccc(F)cc4)SC3=S)cc2)C[C@@H](C)O1. The summed E-state index contributed by atoms with van der Waals surface area (Å²) < 4.78 is 46.5. The van der Waals surface area contributed by atoms with E-state index in [9.17, 15) is 22.4 Å². The molecule has 2 amide bonds. The highest BCUT2D eigenvalue weighted by Gasteiger charge is 2.33. The van der Waals surface area contributed by atoms with Gasteiger partial charge in [0, 0.05) is 31.7 Å². The van der Waals surface area contributed by atoms with Crippen LogP contribution in [0.1, 0.15) is 25.8 Å². The lowest BCUT2D eigenvalue weighted by Gasteiger charge is -2.34. The van der Waals surface area contributed by atoms with Crippen molar-refractivity contribution in [3.05, 3.63) is 64.8 Å². The van der Waals surface area contributed by atoms with Gasteiger partial charge in [-0.15, -0.1) is 0 Å². The largest absolute Gasteiger partial charge is 0.373 e. The summed E-state index contributed by atoms with van der Waals surface area (Å²) >= 11 is 6.42. The third-order valence-corrected chi connectivity index (χ3v) is 8.99. The van der Waals surface area contributed by atoms with Crippen molar-refractivity contribution in [1.29, 1.82) is 0 Å². The van der Waals surface area contributed by atoms with Crippen LogP contribution >= 0.6 is 24.0 Å². The Hall–Kier alpha value is -2.64. The van der Waals surface area contributed by atoms with E-state index in [-0.39, 0.29) is 60.8 Å². The van der Waals surface area contributed by atoms with Gasteiger partial charge in [-0.2, -0.15) is 4.31 Å². The number of sulfonamides is 1. The van der Waals surface area contributed by atoms with Crippen LogP contribution < -0.4 is 5.32 Å². The fourth-order valence-electron chi connectivity index (χ4n) is 4.03. The van der Waals surface area contributed by atoms with Gasteiger partial charge in [0.15, 0.2) is 0 Å². The Labute approximate surface area is 224 Å². The molecule has 2 aliphatic rings. The van der Waals surface area contributed by atoms with Crippen molar-refractivity contribution in [3.8, 4) is 0 Å². The number of nitrogens with zero attached hydrogens (tertiary/aromatic N) is 2. The molecule has 2 aromatic carbocycles. The molecule has 196 valence electrons. The summed E-state index contributed by atoms with van der Waals surface area (Å²) in [6, 6.07) is 11.7. The van der Waals surface area contributed by atoms with Crippen molar-refractivity contribution in [2.45, 2.75) is 37.4 Å². The molecule has 2 fully saturated rings. The van der Waals surface area contributed by atoms with Gasteiger partial charge in [-0.25, -0.2) is 12.8 Å². The molecular weight excluding hydrogens is 537 g/mol. The average molecular weight is 564 g/mol. The first-order chi connectivity index (χ1) is 17.5. The maximum absolute atomic E-state index is 13.1. The van der Waals surface area contributed by atoms with E-state index in [1.54, 1.807) is 18.2 Å². The van der Waals surface area contributed by atoms with Gasteiger partial charge in [0.2, 0.25) is 15.9 Å². The topological polar surface area (TPSA) is 96.0 Å². The van der Waals surface area contributed by atoms with Crippen LogP contribution in [0.4, 0.5) is 10.1 Å². The molecule has 0 aliphatic carbocycles. The molecule has 0 spiro atoms. The Bertz CT molecular complexity index is 1320. The second-order valence-corrected chi connectivity index (χ2v) is 12.4. The average Bonchev–Trinajstić information content (AvgIpc) is 3.11. The molecule has 4 rings (SSSR count). The van der Waals surface area contributed by atoms with Gasteiger partial charge in [-0.3, -0.25) is 14.5 Å². The van der Waals surface area contributed by atoms with Crippen molar-refractivity contribution in [3.63, 3.8) is 0 Å². The molecule has 0 saturated carbocycles. The zero-order valence-corrected chi connectivity index (χ0v) is 22.7. The van der Waals surface area contributed by atoms with Crippen LogP contribution in [-0.4, -0.2) is 65.6 Å². The van der Waals surface area contributed by atoms with Crippen LogP contribution in [0.25, 0.3) is 6.08 Å². The molecule has 8 nitrogen and oxygen atoms in total. The van der Waals surface area contributed by atoms with Crippen LogP contribution in [0.3, 0.4) is 0 Å². The Kier molecular flexibility index (Phi) is 8.44. The molecular formula is C25H26FN3O5S3. The Balaban J connectivity index is 1.33. The Morgan fingerprint density at radius 3 is 2.38 bits per heavy atom. The van der Waals surface area contributed by atoms with Crippen molar-refractivity contribution < 1.29 is 27.1 Å². The monoisotopic (exact) mass is 563 g/mol. The highest BCUT2D eigenvalue weighted by molar-refractivity contribution is 8.26. The predicted octanol–water partition coefficient (Wildman–Crippen LogP) is 3.85. The lowest BCUT2D eigenvalue weighted by atomic mass is 10.2. The number of carbonyl (C=O) groups is 2. The van der Waals surface area contributed by atoms with Crippen LogP contribution in [0.2, 0.25) is 0 Å². The number of nitrogens with one attached hydrogen (secondary N) is 1. The predicted molar refractivity (Wildman–Crippen MR) is 145 cm³/mol.